The molecular weight excluding hydrogens is 378 g/mol. The van der Waals surface area contributed by atoms with Gasteiger partial charge in [0, 0.05) is 10.4 Å². The molecule has 1 N–H and O–H groups in total. The summed E-state index contributed by atoms with van der Waals surface area (Å²) in [6.45, 7) is -0.485. The molecule has 6 heteroatoms. The number of aliphatic hydroxyl groups is 1. The Bertz CT molecular complexity index is 859. The second-order valence-electron chi connectivity index (χ2n) is 5.62. The number of nitriles is 1. The lowest BCUT2D eigenvalue weighted by atomic mass is 10.0. The molecule has 0 aliphatic heterocycles. The molecule has 0 bridgehead atoms. The van der Waals surface area contributed by atoms with Gasteiger partial charge in [0.25, 0.3) is 0 Å². The predicted octanol–water partition coefficient (Wildman–Crippen LogP) is 2.89. The van der Waals surface area contributed by atoms with Crippen molar-refractivity contribution in [1.29, 1.82) is 5.26 Å². The van der Waals surface area contributed by atoms with Crippen LogP contribution in [-0.2, 0) is 9.84 Å². The third kappa shape index (κ3) is 2.49. The summed E-state index contributed by atoms with van der Waals surface area (Å²) < 4.78 is 26.7. The average molecular weight is 392 g/mol. The molecule has 1 fully saturated rings. The topological polar surface area (TPSA) is 78.2 Å². The zero-order valence-corrected chi connectivity index (χ0v) is 14.5. The molecule has 0 radical (unpaired) electrons. The maximum absolute atomic E-state index is 12.9. The molecule has 3 atom stereocenters. The van der Waals surface area contributed by atoms with Gasteiger partial charge in [0.2, 0.25) is 0 Å². The number of nitrogens with zero attached hydrogens (tertiary/aromatic N) is 1. The number of hydrogen-bond acceptors (Lipinski definition) is 4. The highest BCUT2D eigenvalue weighted by Gasteiger charge is 2.72. The molecule has 118 valence electrons. The quantitative estimate of drug-likeness (QED) is 0.868. The average Bonchev–Trinajstić information content (AvgIpc) is 3.27. The Hall–Kier alpha value is -1.68. The van der Waals surface area contributed by atoms with Crippen LogP contribution in [0.2, 0.25) is 0 Å². The van der Waals surface area contributed by atoms with Crippen LogP contribution in [0.15, 0.2) is 64.0 Å². The van der Waals surface area contributed by atoms with Crippen LogP contribution >= 0.6 is 15.9 Å². The molecule has 0 aromatic heterocycles. The van der Waals surface area contributed by atoms with Crippen LogP contribution < -0.4 is 0 Å². The van der Waals surface area contributed by atoms with Crippen LogP contribution in [0.25, 0.3) is 0 Å². The molecule has 2 aromatic rings. The van der Waals surface area contributed by atoms with Gasteiger partial charge < -0.3 is 5.11 Å². The Labute approximate surface area is 143 Å². The number of sulfone groups is 1. The highest BCUT2D eigenvalue weighted by atomic mass is 79.9. The van der Waals surface area contributed by atoms with E-state index >= 15 is 0 Å². The van der Waals surface area contributed by atoms with E-state index in [0.717, 1.165) is 10.0 Å². The maximum Gasteiger partial charge on any atom is 0.183 e. The molecule has 3 rings (SSSR count). The lowest BCUT2D eigenvalue weighted by molar-refractivity contribution is 0.242. The molecule has 0 spiro atoms. The number of halogens is 1. The highest BCUT2D eigenvalue weighted by Crippen LogP contribution is 2.63. The van der Waals surface area contributed by atoms with Crippen LogP contribution in [0, 0.1) is 16.7 Å². The van der Waals surface area contributed by atoms with Gasteiger partial charge in [0.05, 0.1) is 22.8 Å². The van der Waals surface area contributed by atoms with Crippen molar-refractivity contribution in [1.82, 2.24) is 0 Å². The molecule has 0 saturated heterocycles. The minimum Gasteiger partial charge on any atom is -0.395 e. The van der Waals surface area contributed by atoms with Crippen molar-refractivity contribution in [2.45, 2.75) is 16.1 Å². The van der Waals surface area contributed by atoms with Crippen LogP contribution in [0.4, 0.5) is 0 Å². The van der Waals surface area contributed by atoms with E-state index < -0.39 is 33.0 Å². The molecule has 23 heavy (non-hydrogen) atoms. The van der Waals surface area contributed by atoms with Gasteiger partial charge in [-0.3, -0.25) is 0 Å². The molecule has 1 aliphatic carbocycles. The minimum atomic E-state index is -3.70. The summed E-state index contributed by atoms with van der Waals surface area (Å²) in [5, 5.41) is 18.3. The van der Waals surface area contributed by atoms with Crippen LogP contribution in [0.3, 0.4) is 0 Å². The van der Waals surface area contributed by atoms with Gasteiger partial charge in [-0.2, -0.15) is 5.26 Å². The Morgan fingerprint density at radius 3 is 2.26 bits per heavy atom. The zero-order valence-electron chi connectivity index (χ0n) is 12.1. The van der Waals surface area contributed by atoms with Gasteiger partial charge in [-0.15, -0.1) is 0 Å². The Morgan fingerprint density at radius 2 is 1.74 bits per heavy atom. The first-order chi connectivity index (χ1) is 11.0. The van der Waals surface area contributed by atoms with Crippen molar-refractivity contribution >= 4 is 25.8 Å². The van der Waals surface area contributed by atoms with Crippen molar-refractivity contribution in [3.8, 4) is 6.07 Å². The normalized spacial score (nSPS) is 26.5. The fraction of sp³-hybridized carbons (Fsp3) is 0.235. The lowest BCUT2D eigenvalue weighted by Crippen LogP contribution is -2.18. The van der Waals surface area contributed by atoms with E-state index in [4.69, 9.17) is 0 Å². The van der Waals surface area contributed by atoms with Crippen molar-refractivity contribution in [2.75, 3.05) is 6.61 Å². The van der Waals surface area contributed by atoms with E-state index in [2.05, 4.69) is 22.0 Å². The third-order valence-corrected chi connectivity index (χ3v) is 7.18. The number of benzene rings is 2. The minimum absolute atomic E-state index is 0.178. The monoisotopic (exact) mass is 391 g/mol. The molecule has 0 unspecified atom stereocenters. The number of rotatable bonds is 4. The number of aliphatic hydroxyl groups excluding tert-OH is 1. The third-order valence-electron chi connectivity index (χ3n) is 4.36. The van der Waals surface area contributed by atoms with Gasteiger partial charge in [-0.05, 0) is 29.8 Å². The van der Waals surface area contributed by atoms with E-state index in [1.807, 2.05) is 0 Å². The molecule has 0 amide bonds. The van der Waals surface area contributed by atoms with E-state index in [1.165, 1.54) is 12.1 Å². The van der Waals surface area contributed by atoms with Crippen LogP contribution in [-0.4, -0.2) is 25.4 Å². The lowest BCUT2D eigenvalue weighted by Gasteiger charge is -2.05. The summed E-state index contributed by atoms with van der Waals surface area (Å²) in [5.74, 6) is -0.532. The summed E-state index contributed by atoms with van der Waals surface area (Å²) in [6, 6.07) is 17.3. The van der Waals surface area contributed by atoms with E-state index in [9.17, 15) is 18.8 Å². The van der Waals surface area contributed by atoms with Gasteiger partial charge >= 0.3 is 0 Å². The second-order valence-corrected chi connectivity index (χ2v) is 8.60. The van der Waals surface area contributed by atoms with E-state index in [0.29, 0.717) is 0 Å². The first kappa shape index (κ1) is 16.2. The largest absolute Gasteiger partial charge is 0.395 e. The van der Waals surface area contributed by atoms with Crippen LogP contribution in [0.1, 0.15) is 11.5 Å². The number of hydrogen-bond donors (Lipinski definition) is 1. The Morgan fingerprint density at radius 1 is 1.13 bits per heavy atom. The smallest absolute Gasteiger partial charge is 0.183 e. The SMILES string of the molecule is N#C[C@@]1(CO)[C@H](c2ccc(Br)cc2)[C@@H]1S(=O)(=O)c1ccccc1. The predicted molar refractivity (Wildman–Crippen MR) is 89.4 cm³/mol. The zero-order chi connectivity index (χ0) is 16.7. The Kier molecular flexibility index (Phi) is 4.05. The fourth-order valence-corrected chi connectivity index (χ4v) is 5.72. The van der Waals surface area contributed by atoms with Gasteiger partial charge in [-0.1, -0.05) is 46.3 Å². The summed E-state index contributed by atoms with van der Waals surface area (Å²) in [6.07, 6.45) is 0. The second kappa shape index (κ2) is 5.75. The summed E-state index contributed by atoms with van der Waals surface area (Å²) in [4.78, 5) is 0.178. The van der Waals surface area contributed by atoms with Gasteiger partial charge in [0.1, 0.15) is 5.41 Å². The van der Waals surface area contributed by atoms with Crippen molar-refractivity contribution < 1.29 is 13.5 Å². The van der Waals surface area contributed by atoms with Crippen molar-refractivity contribution in [3.05, 3.63) is 64.6 Å². The molecule has 1 aliphatic rings. The highest BCUT2D eigenvalue weighted by molar-refractivity contribution is 9.10. The summed E-state index contributed by atoms with van der Waals surface area (Å²) in [5.41, 5.74) is -0.545. The molecule has 0 heterocycles. The van der Waals surface area contributed by atoms with E-state index in [-0.39, 0.29) is 4.90 Å². The summed E-state index contributed by atoms with van der Waals surface area (Å²) in [7, 11) is -3.70. The molecule has 4 nitrogen and oxygen atoms in total. The molecule has 2 aromatic carbocycles. The van der Waals surface area contributed by atoms with Gasteiger partial charge in [-0.25, -0.2) is 8.42 Å². The van der Waals surface area contributed by atoms with E-state index in [1.54, 1.807) is 42.5 Å². The van der Waals surface area contributed by atoms with Crippen LogP contribution in [0.5, 0.6) is 0 Å². The summed E-state index contributed by atoms with van der Waals surface area (Å²) >= 11 is 3.34. The first-order valence-corrected chi connectivity index (χ1v) is 9.38. The maximum atomic E-state index is 12.9. The molecule has 1 saturated carbocycles. The first-order valence-electron chi connectivity index (χ1n) is 7.04. The fourth-order valence-electron chi connectivity index (χ4n) is 3.12. The Balaban J connectivity index is 2.07. The van der Waals surface area contributed by atoms with Crippen molar-refractivity contribution in [2.24, 2.45) is 5.41 Å². The molecular formula is C17H14BrNO3S. The van der Waals surface area contributed by atoms with Crippen molar-refractivity contribution in [3.63, 3.8) is 0 Å². The van der Waals surface area contributed by atoms with Gasteiger partial charge in [0.15, 0.2) is 9.84 Å². The standard InChI is InChI=1S/C17H14BrNO3S/c18-13-8-6-12(7-9-13)15-16(17(15,10-19)11-20)23(21,22)14-4-2-1-3-5-14/h1-9,15-16,20H,11H2/t15-,16+,17-/m1/s1.